The van der Waals surface area contributed by atoms with E-state index in [0.717, 1.165) is 25.1 Å². The molecule has 0 aliphatic carbocycles. The number of rotatable bonds is 10. The average molecular weight is 483 g/mol. The van der Waals surface area contributed by atoms with Crippen LogP contribution in [0.1, 0.15) is 20.3 Å². The molecular weight excluding hydrogens is 448 g/mol. The SMILES string of the molecule is CCCOCCn1c(=O)c(N2CCN(C[C@@H](C)O)CC2)nc2cnc(-c3ccc(OC)nc3)cc21. The number of β-amino-alcohol motifs (C(OH)–C–C–N with tert-alkyl or cyclic N) is 1. The van der Waals surface area contributed by atoms with Crippen molar-refractivity contribution in [3.63, 3.8) is 0 Å². The van der Waals surface area contributed by atoms with Crippen LogP contribution in [0.3, 0.4) is 0 Å². The summed E-state index contributed by atoms with van der Waals surface area (Å²) in [5.41, 5.74) is 2.77. The molecule has 4 heterocycles. The smallest absolute Gasteiger partial charge is 0.294 e. The Morgan fingerprint density at radius 1 is 1.11 bits per heavy atom. The van der Waals surface area contributed by atoms with Gasteiger partial charge < -0.3 is 24.0 Å². The average Bonchev–Trinajstić information content (AvgIpc) is 2.87. The molecule has 0 unspecified atom stereocenters. The van der Waals surface area contributed by atoms with Crippen LogP contribution in [0.2, 0.25) is 0 Å². The second-order valence-corrected chi connectivity index (χ2v) is 8.79. The summed E-state index contributed by atoms with van der Waals surface area (Å²) < 4.78 is 12.6. The third-order valence-electron chi connectivity index (χ3n) is 6.06. The monoisotopic (exact) mass is 482 g/mol. The molecule has 1 atom stereocenters. The van der Waals surface area contributed by atoms with Crippen molar-refractivity contribution < 1.29 is 14.6 Å². The summed E-state index contributed by atoms with van der Waals surface area (Å²) >= 11 is 0. The van der Waals surface area contributed by atoms with Gasteiger partial charge in [0.15, 0.2) is 5.82 Å². The van der Waals surface area contributed by atoms with Crippen LogP contribution in [-0.2, 0) is 11.3 Å². The van der Waals surface area contributed by atoms with Crippen LogP contribution in [0.4, 0.5) is 5.82 Å². The zero-order valence-electron chi connectivity index (χ0n) is 20.7. The van der Waals surface area contributed by atoms with E-state index in [1.807, 2.05) is 17.0 Å². The quantitative estimate of drug-likeness (QED) is 0.433. The number of pyridine rings is 2. The zero-order valence-corrected chi connectivity index (χ0v) is 20.7. The molecule has 4 rings (SSSR count). The van der Waals surface area contributed by atoms with Crippen LogP contribution in [0.5, 0.6) is 5.88 Å². The molecule has 35 heavy (non-hydrogen) atoms. The maximum Gasteiger partial charge on any atom is 0.294 e. The molecule has 1 aliphatic heterocycles. The van der Waals surface area contributed by atoms with Crippen molar-refractivity contribution in [3.8, 4) is 17.1 Å². The van der Waals surface area contributed by atoms with Crippen molar-refractivity contribution in [2.24, 2.45) is 0 Å². The molecule has 0 radical (unpaired) electrons. The Kier molecular flexibility index (Phi) is 8.27. The lowest BCUT2D eigenvalue weighted by Gasteiger charge is -2.35. The van der Waals surface area contributed by atoms with Crippen molar-refractivity contribution in [1.29, 1.82) is 0 Å². The molecule has 0 spiro atoms. The molecule has 10 heteroatoms. The van der Waals surface area contributed by atoms with Crippen LogP contribution < -0.4 is 15.2 Å². The number of fused-ring (bicyclic) bond motifs is 1. The van der Waals surface area contributed by atoms with Gasteiger partial charge in [0.2, 0.25) is 5.88 Å². The minimum absolute atomic E-state index is 0.133. The highest BCUT2D eigenvalue weighted by molar-refractivity contribution is 5.80. The number of ether oxygens (including phenoxy) is 2. The Bertz CT molecular complexity index is 1170. The fourth-order valence-corrected chi connectivity index (χ4v) is 4.29. The van der Waals surface area contributed by atoms with Gasteiger partial charge in [-0.2, -0.15) is 0 Å². The van der Waals surface area contributed by atoms with Gasteiger partial charge in [-0.05, 0) is 25.5 Å². The number of aromatic nitrogens is 4. The van der Waals surface area contributed by atoms with Gasteiger partial charge in [-0.1, -0.05) is 6.92 Å². The first-order chi connectivity index (χ1) is 17.0. The Morgan fingerprint density at radius 2 is 1.91 bits per heavy atom. The third kappa shape index (κ3) is 5.95. The molecule has 0 amide bonds. The molecule has 0 saturated carbocycles. The Balaban J connectivity index is 1.68. The van der Waals surface area contributed by atoms with Crippen molar-refractivity contribution in [2.75, 3.05) is 57.9 Å². The fourth-order valence-electron chi connectivity index (χ4n) is 4.29. The van der Waals surface area contributed by atoms with Crippen LogP contribution in [0.25, 0.3) is 22.3 Å². The van der Waals surface area contributed by atoms with Crippen LogP contribution in [-0.4, -0.2) is 88.7 Å². The second kappa shape index (κ2) is 11.6. The predicted molar refractivity (Wildman–Crippen MR) is 135 cm³/mol. The van der Waals surface area contributed by atoms with Gasteiger partial charge in [-0.15, -0.1) is 0 Å². The molecule has 1 fully saturated rings. The predicted octanol–water partition coefficient (Wildman–Crippen LogP) is 1.79. The lowest BCUT2D eigenvalue weighted by Crippen LogP contribution is -2.50. The summed E-state index contributed by atoms with van der Waals surface area (Å²) in [6, 6.07) is 5.56. The maximum atomic E-state index is 13.6. The molecule has 188 valence electrons. The van der Waals surface area contributed by atoms with Crippen LogP contribution in [0.15, 0.2) is 35.4 Å². The summed E-state index contributed by atoms with van der Waals surface area (Å²) in [6.45, 7) is 8.89. The molecule has 10 nitrogen and oxygen atoms in total. The first-order valence-corrected chi connectivity index (χ1v) is 12.1. The number of anilines is 1. The van der Waals surface area contributed by atoms with Gasteiger partial charge in [0.1, 0.15) is 5.52 Å². The summed E-state index contributed by atoms with van der Waals surface area (Å²) in [4.78, 5) is 31.5. The Morgan fingerprint density at radius 3 is 2.57 bits per heavy atom. The van der Waals surface area contributed by atoms with E-state index in [9.17, 15) is 9.90 Å². The summed E-state index contributed by atoms with van der Waals surface area (Å²) in [5, 5.41) is 9.69. The van der Waals surface area contributed by atoms with E-state index >= 15 is 0 Å². The lowest BCUT2D eigenvalue weighted by atomic mass is 10.2. The summed E-state index contributed by atoms with van der Waals surface area (Å²) in [5.74, 6) is 0.963. The van der Waals surface area contributed by atoms with Crippen molar-refractivity contribution in [1.82, 2.24) is 24.4 Å². The van der Waals surface area contributed by atoms with Gasteiger partial charge in [-0.25, -0.2) is 9.97 Å². The number of hydrogen-bond donors (Lipinski definition) is 1. The van der Waals surface area contributed by atoms with Gasteiger partial charge in [0.25, 0.3) is 5.56 Å². The van der Waals surface area contributed by atoms with Crippen molar-refractivity contribution in [3.05, 3.63) is 40.9 Å². The second-order valence-electron chi connectivity index (χ2n) is 8.79. The minimum atomic E-state index is -0.373. The van der Waals surface area contributed by atoms with Gasteiger partial charge in [-0.3, -0.25) is 14.7 Å². The van der Waals surface area contributed by atoms with E-state index in [1.165, 1.54) is 0 Å². The van der Waals surface area contributed by atoms with Gasteiger partial charge >= 0.3 is 0 Å². The standard InChI is InChI=1S/C25H34N6O4/c1-4-12-35-13-11-31-22-14-20(19-5-6-23(34-3)27-15-19)26-16-21(22)28-24(25(31)33)30-9-7-29(8-10-30)17-18(2)32/h5-6,14-16,18,32H,4,7-13,17H2,1-3H3/t18-/m1/s1. The van der Waals surface area contributed by atoms with Crippen LogP contribution in [0, 0.1) is 0 Å². The number of nitrogens with zero attached hydrogens (tertiary/aromatic N) is 6. The first kappa shape index (κ1) is 25.0. The zero-order chi connectivity index (χ0) is 24.8. The highest BCUT2D eigenvalue weighted by Crippen LogP contribution is 2.23. The molecular formula is C25H34N6O4. The van der Waals surface area contributed by atoms with Gasteiger partial charge in [0.05, 0.1) is 37.2 Å². The van der Waals surface area contributed by atoms with Crippen LogP contribution >= 0.6 is 0 Å². The number of aliphatic hydroxyl groups is 1. The summed E-state index contributed by atoms with van der Waals surface area (Å²) in [7, 11) is 1.58. The number of aliphatic hydroxyl groups excluding tert-OH is 1. The number of hydrogen-bond acceptors (Lipinski definition) is 9. The summed E-state index contributed by atoms with van der Waals surface area (Å²) in [6.07, 6.45) is 3.97. The maximum absolute atomic E-state index is 13.6. The molecule has 3 aromatic rings. The highest BCUT2D eigenvalue weighted by atomic mass is 16.5. The lowest BCUT2D eigenvalue weighted by molar-refractivity contribution is 0.122. The van der Waals surface area contributed by atoms with E-state index < -0.39 is 0 Å². The van der Waals surface area contributed by atoms with Crippen molar-refractivity contribution >= 4 is 16.9 Å². The Hall–Kier alpha value is -3.08. The Labute approximate surface area is 205 Å². The largest absolute Gasteiger partial charge is 0.481 e. The normalized spacial score (nSPS) is 15.5. The molecule has 1 N–H and O–H groups in total. The van der Waals surface area contributed by atoms with E-state index in [2.05, 4.69) is 21.8 Å². The molecule has 1 aliphatic rings. The molecule has 1 saturated heterocycles. The van der Waals surface area contributed by atoms with E-state index in [4.69, 9.17) is 14.5 Å². The van der Waals surface area contributed by atoms with E-state index in [0.29, 0.717) is 67.8 Å². The topological polar surface area (TPSA) is 106 Å². The molecule has 3 aromatic heterocycles. The fraction of sp³-hybridized carbons (Fsp3) is 0.520. The van der Waals surface area contributed by atoms with Gasteiger partial charge in [0, 0.05) is 63.7 Å². The first-order valence-electron chi connectivity index (χ1n) is 12.1. The molecule has 0 aromatic carbocycles. The highest BCUT2D eigenvalue weighted by Gasteiger charge is 2.23. The molecule has 0 bridgehead atoms. The number of methoxy groups -OCH3 is 1. The van der Waals surface area contributed by atoms with Crippen molar-refractivity contribution in [2.45, 2.75) is 32.9 Å². The number of piperazine rings is 1. The van der Waals surface area contributed by atoms with E-state index in [-0.39, 0.29) is 11.7 Å². The van der Waals surface area contributed by atoms with E-state index in [1.54, 1.807) is 37.1 Å². The third-order valence-corrected chi connectivity index (χ3v) is 6.06. The minimum Gasteiger partial charge on any atom is -0.481 e.